The van der Waals surface area contributed by atoms with Crippen LogP contribution in [0.5, 0.6) is 0 Å². The van der Waals surface area contributed by atoms with Crippen LogP contribution in [0.2, 0.25) is 0 Å². The number of hydrogen-bond acceptors (Lipinski definition) is 2. The molecule has 0 radical (unpaired) electrons. The highest BCUT2D eigenvalue weighted by molar-refractivity contribution is 5.76. The summed E-state index contributed by atoms with van der Waals surface area (Å²) >= 11 is 0. The van der Waals surface area contributed by atoms with Crippen LogP contribution in [-0.2, 0) is 16.0 Å². The van der Waals surface area contributed by atoms with Crippen LogP contribution in [0.4, 0.5) is 0 Å². The zero-order chi connectivity index (χ0) is 13.5. The van der Waals surface area contributed by atoms with Crippen molar-refractivity contribution in [3.63, 3.8) is 0 Å². The third-order valence-corrected chi connectivity index (χ3v) is 3.14. The summed E-state index contributed by atoms with van der Waals surface area (Å²) in [6.07, 6.45) is 1.39. The molecule has 0 unspecified atom stereocenters. The molecular formula is C15H23NO2. The number of nitrogens with one attached hydrogen (secondary N) is 1. The third kappa shape index (κ3) is 4.49. The first-order valence-corrected chi connectivity index (χ1v) is 6.47. The van der Waals surface area contributed by atoms with Crippen LogP contribution >= 0.6 is 0 Å². The number of hydrogen-bond donors (Lipinski definition) is 1. The Labute approximate surface area is 110 Å². The van der Waals surface area contributed by atoms with E-state index in [0.717, 1.165) is 12.0 Å². The molecule has 1 amide bonds. The molecule has 0 saturated carbocycles. The predicted octanol–water partition coefficient (Wildman–Crippen LogP) is 2.85. The van der Waals surface area contributed by atoms with Gasteiger partial charge in [0.05, 0.1) is 18.6 Å². The summed E-state index contributed by atoms with van der Waals surface area (Å²) in [4.78, 5) is 11.7. The Morgan fingerprint density at radius 1 is 1.28 bits per heavy atom. The number of ether oxygens (including phenoxy) is 1. The molecule has 2 atom stereocenters. The molecule has 3 nitrogen and oxygen atoms in total. The van der Waals surface area contributed by atoms with Crippen molar-refractivity contribution in [1.29, 1.82) is 0 Å². The molecule has 18 heavy (non-hydrogen) atoms. The van der Waals surface area contributed by atoms with Gasteiger partial charge < -0.3 is 10.1 Å². The van der Waals surface area contributed by atoms with E-state index in [0.29, 0.717) is 6.42 Å². The summed E-state index contributed by atoms with van der Waals surface area (Å²) in [5, 5.41) is 2.98. The number of aryl methyl sites for hydroxylation is 1. The second-order valence-electron chi connectivity index (χ2n) is 4.63. The number of carbonyl (C=O) groups is 1. The molecule has 0 aliphatic rings. The normalized spacial score (nSPS) is 14.0. The zero-order valence-electron chi connectivity index (χ0n) is 11.7. The number of benzene rings is 1. The average molecular weight is 249 g/mol. The number of amides is 1. The van der Waals surface area contributed by atoms with Gasteiger partial charge in [-0.2, -0.15) is 0 Å². The fourth-order valence-electron chi connectivity index (χ4n) is 1.77. The van der Waals surface area contributed by atoms with Crippen molar-refractivity contribution in [2.45, 2.75) is 45.8 Å². The molecule has 0 heterocycles. The van der Waals surface area contributed by atoms with Gasteiger partial charge in [0.15, 0.2) is 0 Å². The van der Waals surface area contributed by atoms with Gasteiger partial charge in [0.25, 0.3) is 0 Å². The maximum Gasteiger partial charge on any atom is 0.223 e. The average Bonchev–Trinajstić information content (AvgIpc) is 2.38. The summed E-state index contributed by atoms with van der Waals surface area (Å²) in [6.45, 7) is 6.02. The Morgan fingerprint density at radius 2 is 1.89 bits per heavy atom. The minimum absolute atomic E-state index is 0.0245. The van der Waals surface area contributed by atoms with Crippen LogP contribution in [0.1, 0.15) is 44.4 Å². The van der Waals surface area contributed by atoms with E-state index >= 15 is 0 Å². The van der Waals surface area contributed by atoms with Crippen molar-refractivity contribution < 1.29 is 9.53 Å². The van der Waals surface area contributed by atoms with Crippen LogP contribution in [-0.4, -0.2) is 19.1 Å². The molecule has 0 saturated heterocycles. The van der Waals surface area contributed by atoms with Crippen LogP contribution in [0.3, 0.4) is 0 Å². The van der Waals surface area contributed by atoms with Crippen molar-refractivity contribution in [3.05, 3.63) is 35.4 Å². The lowest BCUT2D eigenvalue weighted by Crippen LogP contribution is -2.29. The van der Waals surface area contributed by atoms with E-state index < -0.39 is 0 Å². The first-order chi connectivity index (χ1) is 8.56. The third-order valence-electron chi connectivity index (χ3n) is 3.14. The second kappa shape index (κ2) is 7.17. The Balaban J connectivity index is 2.53. The van der Waals surface area contributed by atoms with Crippen LogP contribution in [0, 0.1) is 0 Å². The van der Waals surface area contributed by atoms with Crippen molar-refractivity contribution >= 4 is 5.91 Å². The Bertz CT molecular complexity index is 373. The largest absolute Gasteiger partial charge is 0.381 e. The minimum Gasteiger partial charge on any atom is -0.381 e. The summed E-state index contributed by atoms with van der Waals surface area (Å²) in [6, 6.07) is 8.39. The molecule has 0 aliphatic heterocycles. The molecule has 0 aromatic heterocycles. The number of carbonyl (C=O) groups excluding carboxylic acids is 1. The summed E-state index contributed by atoms with van der Waals surface area (Å²) in [5.41, 5.74) is 2.44. The van der Waals surface area contributed by atoms with Gasteiger partial charge in [-0.15, -0.1) is 0 Å². The Kier molecular flexibility index (Phi) is 5.86. The lowest BCUT2D eigenvalue weighted by atomic mass is 10.0. The predicted molar refractivity (Wildman–Crippen MR) is 73.5 cm³/mol. The van der Waals surface area contributed by atoms with Crippen molar-refractivity contribution in [2.24, 2.45) is 0 Å². The molecule has 0 fully saturated rings. The smallest absolute Gasteiger partial charge is 0.223 e. The van der Waals surface area contributed by atoms with E-state index in [9.17, 15) is 4.79 Å². The first kappa shape index (κ1) is 14.7. The second-order valence-corrected chi connectivity index (χ2v) is 4.63. The molecule has 1 rings (SSSR count). The molecule has 1 N–H and O–H groups in total. The van der Waals surface area contributed by atoms with Gasteiger partial charge in [-0.05, 0) is 31.4 Å². The van der Waals surface area contributed by atoms with Crippen LogP contribution in [0.25, 0.3) is 0 Å². The topological polar surface area (TPSA) is 38.3 Å². The van der Waals surface area contributed by atoms with Crippen molar-refractivity contribution in [1.82, 2.24) is 5.32 Å². The molecule has 3 heteroatoms. The summed E-state index contributed by atoms with van der Waals surface area (Å²) in [7, 11) is 1.62. The maximum atomic E-state index is 11.7. The van der Waals surface area contributed by atoms with Gasteiger partial charge in [-0.3, -0.25) is 4.79 Å². The maximum absolute atomic E-state index is 11.7. The van der Waals surface area contributed by atoms with Gasteiger partial charge in [0, 0.05) is 7.11 Å². The van der Waals surface area contributed by atoms with Gasteiger partial charge in [-0.1, -0.05) is 31.2 Å². The standard InChI is InChI=1S/C15H23NO2/c1-5-13-6-8-14(9-7-13)12(3)16-15(17)10-11(2)18-4/h6-9,11-12H,5,10H2,1-4H3,(H,16,17)/t11-,12+/m1/s1. The SMILES string of the molecule is CCc1ccc([C@H](C)NC(=O)C[C@@H](C)OC)cc1. The Morgan fingerprint density at radius 3 is 2.39 bits per heavy atom. The number of rotatable bonds is 6. The molecule has 1 aromatic rings. The van der Waals surface area contributed by atoms with E-state index in [1.165, 1.54) is 5.56 Å². The molecule has 0 bridgehead atoms. The molecule has 1 aromatic carbocycles. The monoisotopic (exact) mass is 249 g/mol. The van der Waals surface area contributed by atoms with Crippen LogP contribution in [0.15, 0.2) is 24.3 Å². The van der Waals surface area contributed by atoms with E-state index in [4.69, 9.17) is 4.74 Å². The molecule has 100 valence electrons. The summed E-state index contributed by atoms with van der Waals surface area (Å²) < 4.78 is 5.08. The molecular weight excluding hydrogens is 226 g/mol. The zero-order valence-corrected chi connectivity index (χ0v) is 11.7. The van der Waals surface area contributed by atoms with Crippen LogP contribution < -0.4 is 5.32 Å². The van der Waals surface area contributed by atoms with E-state index in [-0.39, 0.29) is 18.1 Å². The fourth-order valence-corrected chi connectivity index (χ4v) is 1.77. The van der Waals surface area contributed by atoms with Crippen molar-refractivity contribution in [2.75, 3.05) is 7.11 Å². The minimum atomic E-state index is -0.0420. The quantitative estimate of drug-likeness (QED) is 0.842. The van der Waals surface area contributed by atoms with Gasteiger partial charge in [-0.25, -0.2) is 0 Å². The summed E-state index contributed by atoms with van der Waals surface area (Å²) in [5.74, 6) is 0.0245. The van der Waals surface area contributed by atoms with Gasteiger partial charge >= 0.3 is 0 Å². The first-order valence-electron chi connectivity index (χ1n) is 6.47. The lowest BCUT2D eigenvalue weighted by molar-refractivity contribution is -0.123. The highest BCUT2D eigenvalue weighted by Crippen LogP contribution is 2.14. The van der Waals surface area contributed by atoms with E-state index in [2.05, 4.69) is 36.5 Å². The molecule has 0 spiro atoms. The fraction of sp³-hybridized carbons (Fsp3) is 0.533. The van der Waals surface area contributed by atoms with E-state index in [1.54, 1.807) is 7.11 Å². The van der Waals surface area contributed by atoms with Gasteiger partial charge in [0.2, 0.25) is 5.91 Å². The number of methoxy groups -OCH3 is 1. The lowest BCUT2D eigenvalue weighted by Gasteiger charge is -2.16. The van der Waals surface area contributed by atoms with E-state index in [1.807, 2.05) is 13.8 Å². The Hall–Kier alpha value is -1.35. The van der Waals surface area contributed by atoms with Crippen molar-refractivity contribution in [3.8, 4) is 0 Å². The highest BCUT2D eigenvalue weighted by atomic mass is 16.5. The highest BCUT2D eigenvalue weighted by Gasteiger charge is 2.12. The van der Waals surface area contributed by atoms with Gasteiger partial charge in [0.1, 0.15) is 0 Å². The molecule has 0 aliphatic carbocycles.